The van der Waals surface area contributed by atoms with Crippen LogP contribution in [-0.4, -0.2) is 17.6 Å². The van der Waals surface area contributed by atoms with Crippen LogP contribution in [0.15, 0.2) is 54.6 Å². The standard InChI is InChI=1S/C20H24FNO3/c1-2-3-7-14-22-20(21,25-15-16-8-5-4-6-9-16)18-12-10-17(11-13-18)19(23)24/h4-6,8-13,22H,2-3,7,14-15H2,1H3,(H,23,24). The highest BCUT2D eigenvalue weighted by Crippen LogP contribution is 2.27. The van der Waals surface area contributed by atoms with Crippen molar-refractivity contribution in [3.05, 3.63) is 71.3 Å². The molecule has 0 aliphatic carbocycles. The minimum absolute atomic E-state index is 0.110. The third-order valence-electron chi connectivity index (χ3n) is 3.92. The zero-order valence-corrected chi connectivity index (χ0v) is 14.4. The van der Waals surface area contributed by atoms with E-state index in [-0.39, 0.29) is 17.7 Å². The Labute approximate surface area is 147 Å². The molecule has 0 heterocycles. The summed E-state index contributed by atoms with van der Waals surface area (Å²) in [6.45, 7) is 2.66. The van der Waals surface area contributed by atoms with Crippen molar-refractivity contribution in [1.82, 2.24) is 5.32 Å². The molecule has 0 spiro atoms. The van der Waals surface area contributed by atoms with Crippen molar-refractivity contribution in [2.75, 3.05) is 6.54 Å². The highest BCUT2D eigenvalue weighted by atomic mass is 19.2. The summed E-state index contributed by atoms with van der Waals surface area (Å²) in [7, 11) is 0. The molecule has 1 atom stereocenters. The summed E-state index contributed by atoms with van der Waals surface area (Å²) < 4.78 is 21.0. The third kappa shape index (κ3) is 5.66. The summed E-state index contributed by atoms with van der Waals surface area (Å²) in [5, 5.41) is 11.8. The summed E-state index contributed by atoms with van der Waals surface area (Å²) in [4.78, 5) is 11.0. The second-order valence-electron chi connectivity index (χ2n) is 5.89. The van der Waals surface area contributed by atoms with Crippen LogP contribution in [0.25, 0.3) is 0 Å². The fourth-order valence-electron chi connectivity index (χ4n) is 2.44. The summed E-state index contributed by atoms with van der Waals surface area (Å²) in [5.74, 6) is -3.21. The molecule has 0 aliphatic heterocycles. The summed E-state index contributed by atoms with van der Waals surface area (Å²) in [5.41, 5.74) is 1.23. The van der Waals surface area contributed by atoms with Gasteiger partial charge in [-0.25, -0.2) is 4.79 Å². The maximum atomic E-state index is 15.5. The average molecular weight is 345 g/mol. The van der Waals surface area contributed by atoms with Crippen LogP contribution in [0, 0.1) is 0 Å². The number of nitrogens with one attached hydrogen (secondary N) is 1. The fourth-order valence-corrected chi connectivity index (χ4v) is 2.44. The molecule has 4 nitrogen and oxygen atoms in total. The van der Waals surface area contributed by atoms with E-state index in [1.165, 1.54) is 24.3 Å². The van der Waals surface area contributed by atoms with Gasteiger partial charge in [-0.1, -0.05) is 62.2 Å². The SMILES string of the molecule is CCCCCNC(F)(OCc1ccccc1)c1ccc(C(=O)O)cc1. The zero-order chi connectivity index (χ0) is 18.1. The second kappa shape index (κ2) is 9.30. The van der Waals surface area contributed by atoms with Gasteiger partial charge in [-0.2, -0.15) is 4.39 Å². The molecule has 25 heavy (non-hydrogen) atoms. The Morgan fingerprint density at radius 1 is 1.12 bits per heavy atom. The Balaban J connectivity index is 2.13. The molecule has 0 aromatic heterocycles. The fraction of sp³-hybridized carbons (Fsp3) is 0.350. The number of halogens is 1. The Morgan fingerprint density at radius 2 is 1.80 bits per heavy atom. The number of rotatable bonds is 10. The molecule has 5 heteroatoms. The highest BCUT2D eigenvalue weighted by Gasteiger charge is 2.32. The van der Waals surface area contributed by atoms with Gasteiger partial charge in [-0.3, -0.25) is 5.32 Å². The van der Waals surface area contributed by atoms with Crippen LogP contribution in [0.2, 0.25) is 0 Å². The van der Waals surface area contributed by atoms with Crippen LogP contribution in [0.3, 0.4) is 0 Å². The van der Waals surface area contributed by atoms with Crippen LogP contribution in [0.4, 0.5) is 4.39 Å². The van der Waals surface area contributed by atoms with Gasteiger partial charge in [-0.15, -0.1) is 0 Å². The predicted molar refractivity (Wildman–Crippen MR) is 94.9 cm³/mol. The molecule has 0 fully saturated rings. The molecule has 0 bridgehead atoms. The topological polar surface area (TPSA) is 58.6 Å². The lowest BCUT2D eigenvalue weighted by Crippen LogP contribution is -2.41. The van der Waals surface area contributed by atoms with Crippen molar-refractivity contribution >= 4 is 5.97 Å². The number of hydrogen-bond acceptors (Lipinski definition) is 3. The maximum absolute atomic E-state index is 15.5. The lowest BCUT2D eigenvalue weighted by molar-refractivity contribution is -0.185. The molecule has 2 aromatic carbocycles. The van der Waals surface area contributed by atoms with Crippen molar-refractivity contribution in [1.29, 1.82) is 0 Å². The smallest absolute Gasteiger partial charge is 0.335 e. The van der Waals surface area contributed by atoms with E-state index in [1.54, 1.807) is 0 Å². The van der Waals surface area contributed by atoms with E-state index in [2.05, 4.69) is 12.2 Å². The van der Waals surface area contributed by atoms with E-state index in [1.807, 2.05) is 30.3 Å². The lowest BCUT2D eigenvalue weighted by atomic mass is 10.1. The van der Waals surface area contributed by atoms with Crippen LogP contribution in [0.5, 0.6) is 0 Å². The number of unbranched alkanes of at least 4 members (excludes halogenated alkanes) is 2. The van der Waals surface area contributed by atoms with Gasteiger partial charge in [0.05, 0.1) is 12.2 Å². The first-order valence-electron chi connectivity index (χ1n) is 8.51. The molecule has 0 saturated carbocycles. The summed E-state index contributed by atoms with van der Waals surface area (Å²) in [6, 6.07) is 15.0. The quantitative estimate of drug-likeness (QED) is 0.379. The summed E-state index contributed by atoms with van der Waals surface area (Å²) in [6.07, 6.45) is 2.88. The van der Waals surface area contributed by atoms with E-state index in [0.717, 1.165) is 24.8 Å². The lowest BCUT2D eigenvalue weighted by Gasteiger charge is -2.27. The Bertz CT molecular complexity index is 660. The first-order valence-corrected chi connectivity index (χ1v) is 8.51. The van der Waals surface area contributed by atoms with Crippen LogP contribution < -0.4 is 5.32 Å². The number of aromatic carboxylic acids is 1. The number of carboxylic acid groups (broad SMARTS) is 1. The Morgan fingerprint density at radius 3 is 2.40 bits per heavy atom. The van der Waals surface area contributed by atoms with Crippen molar-refractivity contribution in [2.24, 2.45) is 0 Å². The van der Waals surface area contributed by atoms with E-state index < -0.39 is 11.9 Å². The normalized spacial score (nSPS) is 13.4. The molecular formula is C20H24FNO3. The van der Waals surface area contributed by atoms with Crippen molar-refractivity contribution in [3.8, 4) is 0 Å². The van der Waals surface area contributed by atoms with E-state index in [0.29, 0.717) is 6.54 Å². The Kier molecular flexibility index (Phi) is 7.10. The number of hydrogen-bond donors (Lipinski definition) is 2. The molecule has 2 N–H and O–H groups in total. The molecule has 134 valence electrons. The Hall–Kier alpha value is -2.24. The van der Waals surface area contributed by atoms with Gasteiger partial charge in [0.1, 0.15) is 0 Å². The van der Waals surface area contributed by atoms with Crippen molar-refractivity contribution < 1.29 is 19.0 Å². The molecule has 0 amide bonds. The first-order chi connectivity index (χ1) is 12.0. The van der Waals surface area contributed by atoms with Crippen LogP contribution in [0.1, 0.15) is 47.7 Å². The first kappa shape index (κ1) is 19.1. The third-order valence-corrected chi connectivity index (χ3v) is 3.92. The van der Waals surface area contributed by atoms with Crippen molar-refractivity contribution in [2.45, 2.75) is 38.8 Å². The van der Waals surface area contributed by atoms with Gasteiger partial charge in [0.15, 0.2) is 0 Å². The number of ether oxygens (including phenoxy) is 1. The van der Waals surface area contributed by atoms with E-state index in [9.17, 15) is 4.79 Å². The van der Waals surface area contributed by atoms with E-state index in [4.69, 9.17) is 9.84 Å². The zero-order valence-electron chi connectivity index (χ0n) is 14.4. The molecule has 0 radical (unpaired) electrons. The highest BCUT2D eigenvalue weighted by molar-refractivity contribution is 5.87. The molecule has 2 aromatic rings. The summed E-state index contributed by atoms with van der Waals surface area (Å²) >= 11 is 0. The van der Waals surface area contributed by atoms with Gasteiger partial charge >= 0.3 is 5.97 Å². The van der Waals surface area contributed by atoms with Gasteiger partial charge in [-0.05, 0) is 24.1 Å². The maximum Gasteiger partial charge on any atom is 0.335 e. The molecule has 0 aliphatic rings. The van der Waals surface area contributed by atoms with Gasteiger partial charge < -0.3 is 9.84 Å². The second-order valence-corrected chi connectivity index (χ2v) is 5.89. The minimum atomic E-state index is -2.17. The molecule has 0 saturated heterocycles. The molecule has 2 rings (SSSR count). The van der Waals surface area contributed by atoms with Crippen LogP contribution in [-0.2, 0) is 17.3 Å². The van der Waals surface area contributed by atoms with Crippen molar-refractivity contribution in [3.63, 3.8) is 0 Å². The number of alkyl halides is 1. The molecular weight excluding hydrogens is 321 g/mol. The van der Waals surface area contributed by atoms with Crippen LogP contribution >= 0.6 is 0 Å². The number of carbonyl (C=O) groups is 1. The van der Waals surface area contributed by atoms with Gasteiger partial charge in [0.25, 0.3) is 5.98 Å². The molecule has 1 unspecified atom stereocenters. The monoisotopic (exact) mass is 345 g/mol. The minimum Gasteiger partial charge on any atom is -0.478 e. The van der Waals surface area contributed by atoms with E-state index >= 15 is 4.39 Å². The number of carboxylic acids is 1. The average Bonchev–Trinajstić information content (AvgIpc) is 2.64. The van der Waals surface area contributed by atoms with Gasteiger partial charge in [0.2, 0.25) is 0 Å². The largest absolute Gasteiger partial charge is 0.478 e. The predicted octanol–water partition coefficient (Wildman–Crippen LogP) is 4.46. The number of benzene rings is 2. The van der Waals surface area contributed by atoms with Gasteiger partial charge in [0, 0.05) is 12.1 Å².